The van der Waals surface area contributed by atoms with Crippen LogP contribution >= 0.6 is 0 Å². The van der Waals surface area contributed by atoms with Gasteiger partial charge in [-0.3, -0.25) is 4.98 Å². The molecule has 0 radical (unpaired) electrons. The monoisotopic (exact) mass is 203 g/mol. The molecule has 0 amide bonds. The molecule has 2 nitrogen and oxygen atoms in total. The highest BCUT2D eigenvalue weighted by molar-refractivity contribution is 5.22. The molecule has 0 aliphatic rings. The van der Waals surface area contributed by atoms with E-state index < -0.39 is 6.10 Å². The lowest BCUT2D eigenvalue weighted by Crippen LogP contribution is -1.99. The molecular weight excluding hydrogens is 186 g/mol. The Morgan fingerprint density at radius 3 is 2.47 bits per heavy atom. The van der Waals surface area contributed by atoms with Crippen LogP contribution < -0.4 is 0 Å². The highest BCUT2D eigenvalue weighted by Crippen LogP contribution is 2.19. The Labute approximate surface area is 91.4 Å². The summed E-state index contributed by atoms with van der Waals surface area (Å²) < 4.78 is 0. The van der Waals surface area contributed by atoms with Crippen LogP contribution in [0.1, 0.15) is 42.8 Å². The second-order valence-electron chi connectivity index (χ2n) is 3.66. The minimum absolute atomic E-state index is 0.425. The summed E-state index contributed by atoms with van der Waals surface area (Å²) in [5.41, 5.74) is 2.84. The fourth-order valence-electron chi connectivity index (χ4n) is 1.56. The topological polar surface area (TPSA) is 33.1 Å². The van der Waals surface area contributed by atoms with E-state index in [0.717, 1.165) is 23.4 Å². The first-order valence-corrected chi connectivity index (χ1v) is 5.16. The van der Waals surface area contributed by atoms with Crippen molar-refractivity contribution in [1.82, 2.24) is 4.98 Å². The van der Waals surface area contributed by atoms with E-state index >= 15 is 0 Å². The van der Waals surface area contributed by atoms with Crippen LogP contribution in [0, 0.1) is 25.7 Å². The lowest BCUT2D eigenvalue weighted by atomic mass is 10.0. The van der Waals surface area contributed by atoms with E-state index in [9.17, 15) is 5.11 Å². The van der Waals surface area contributed by atoms with Crippen molar-refractivity contribution in [3.05, 3.63) is 29.1 Å². The lowest BCUT2D eigenvalue weighted by molar-refractivity contribution is 0.169. The SMILES string of the molecule is CC#CCCC(O)c1cc(C)nc(C)c1. The standard InChI is InChI=1S/C13H17NO/c1-4-5-6-7-13(15)12-8-10(2)14-11(3)9-12/h8-9,13,15H,6-7H2,1-3H3. The number of aryl methyl sites for hydroxylation is 2. The number of aromatic nitrogens is 1. The lowest BCUT2D eigenvalue weighted by Gasteiger charge is -2.10. The molecule has 0 saturated heterocycles. The van der Waals surface area contributed by atoms with E-state index in [4.69, 9.17) is 0 Å². The summed E-state index contributed by atoms with van der Waals surface area (Å²) in [5.74, 6) is 5.78. The zero-order chi connectivity index (χ0) is 11.3. The normalized spacial score (nSPS) is 11.7. The number of aliphatic hydroxyl groups is 1. The quantitative estimate of drug-likeness (QED) is 0.766. The molecule has 0 aliphatic heterocycles. The van der Waals surface area contributed by atoms with Crippen molar-refractivity contribution in [2.24, 2.45) is 0 Å². The summed E-state index contributed by atoms with van der Waals surface area (Å²) in [5, 5.41) is 9.90. The second-order valence-corrected chi connectivity index (χ2v) is 3.66. The maximum absolute atomic E-state index is 9.90. The van der Waals surface area contributed by atoms with E-state index in [0.29, 0.717) is 6.42 Å². The number of nitrogens with zero attached hydrogens (tertiary/aromatic N) is 1. The predicted octanol–water partition coefficient (Wildman–Crippen LogP) is 2.54. The highest BCUT2D eigenvalue weighted by Gasteiger charge is 2.07. The smallest absolute Gasteiger partial charge is 0.0800 e. The van der Waals surface area contributed by atoms with E-state index in [1.807, 2.05) is 32.9 Å². The first kappa shape index (κ1) is 11.7. The van der Waals surface area contributed by atoms with Crippen molar-refractivity contribution >= 4 is 0 Å². The van der Waals surface area contributed by atoms with Crippen molar-refractivity contribution < 1.29 is 5.11 Å². The molecule has 2 heteroatoms. The number of pyridine rings is 1. The molecule has 0 aromatic carbocycles. The first-order chi connectivity index (χ1) is 7.13. The van der Waals surface area contributed by atoms with Gasteiger partial charge in [0.25, 0.3) is 0 Å². The molecule has 1 unspecified atom stereocenters. The average molecular weight is 203 g/mol. The van der Waals surface area contributed by atoms with Crippen molar-refractivity contribution in [3.63, 3.8) is 0 Å². The molecule has 0 aliphatic carbocycles. The largest absolute Gasteiger partial charge is 0.388 e. The first-order valence-electron chi connectivity index (χ1n) is 5.16. The molecule has 0 saturated carbocycles. The van der Waals surface area contributed by atoms with Crippen molar-refractivity contribution in [2.75, 3.05) is 0 Å². The molecule has 1 atom stereocenters. The number of aliphatic hydroxyl groups excluding tert-OH is 1. The third-order valence-electron chi connectivity index (χ3n) is 2.21. The van der Waals surface area contributed by atoms with E-state index in [1.54, 1.807) is 0 Å². The van der Waals surface area contributed by atoms with Gasteiger partial charge in [-0.05, 0) is 44.9 Å². The minimum Gasteiger partial charge on any atom is -0.388 e. The predicted molar refractivity (Wildman–Crippen MR) is 61.4 cm³/mol. The van der Waals surface area contributed by atoms with Gasteiger partial charge in [-0.1, -0.05) is 0 Å². The van der Waals surface area contributed by atoms with Gasteiger partial charge in [0.05, 0.1) is 6.10 Å². The van der Waals surface area contributed by atoms with Crippen molar-refractivity contribution in [1.29, 1.82) is 0 Å². The molecule has 0 spiro atoms. The Bertz CT molecular complexity index is 367. The highest BCUT2D eigenvalue weighted by atomic mass is 16.3. The molecule has 0 fully saturated rings. The third-order valence-corrected chi connectivity index (χ3v) is 2.21. The van der Waals surface area contributed by atoms with Gasteiger partial charge in [0.15, 0.2) is 0 Å². The molecule has 1 heterocycles. The van der Waals surface area contributed by atoms with E-state index in [2.05, 4.69) is 16.8 Å². The molecular formula is C13H17NO. The summed E-state index contributed by atoms with van der Waals surface area (Å²) in [4.78, 5) is 4.27. The number of hydrogen-bond acceptors (Lipinski definition) is 2. The molecule has 1 rings (SSSR count). The average Bonchev–Trinajstić information content (AvgIpc) is 2.16. The fourth-order valence-corrected chi connectivity index (χ4v) is 1.56. The van der Waals surface area contributed by atoms with Gasteiger partial charge in [0.1, 0.15) is 0 Å². The zero-order valence-corrected chi connectivity index (χ0v) is 9.54. The summed E-state index contributed by atoms with van der Waals surface area (Å²) in [6, 6.07) is 3.86. The maximum Gasteiger partial charge on any atom is 0.0800 e. The fraction of sp³-hybridized carbons (Fsp3) is 0.462. The number of hydrogen-bond donors (Lipinski definition) is 1. The Morgan fingerprint density at radius 2 is 1.93 bits per heavy atom. The van der Waals surface area contributed by atoms with Crippen molar-refractivity contribution in [3.8, 4) is 11.8 Å². The molecule has 15 heavy (non-hydrogen) atoms. The molecule has 80 valence electrons. The molecule has 1 aromatic heterocycles. The van der Waals surface area contributed by atoms with Crippen LogP contribution in [-0.2, 0) is 0 Å². The van der Waals surface area contributed by atoms with Gasteiger partial charge in [0, 0.05) is 17.8 Å². The van der Waals surface area contributed by atoms with Crippen LogP contribution in [0.4, 0.5) is 0 Å². The Hall–Kier alpha value is -1.33. The summed E-state index contributed by atoms with van der Waals surface area (Å²) >= 11 is 0. The van der Waals surface area contributed by atoms with Gasteiger partial charge < -0.3 is 5.11 Å². The van der Waals surface area contributed by atoms with Crippen LogP contribution in [-0.4, -0.2) is 10.1 Å². The minimum atomic E-state index is -0.425. The van der Waals surface area contributed by atoms with E-state index in [-0.39, 0.29) is 0 Å². The van der Waals surface area contributed by atoms with Crippen LogP contribution in [0.25, 0.3) is 0 Å². The van der Waals surface area contributed by atoms with E-state index in [1.165, 1.54) is 0 Å². The van der Waals surface area contributed by atoms with Gasteiger partial charge in [-0.15, -0.1) is 11.8 Å². The van der Waals surface area contributed by atoms with Crippen LogP contribution in [0.2, 0.25) is 0 Å². The van der Waals surface area contributed by atoms with Crippen LogP contribution in [0.3, 0.4) is 0 Å². The van der Waals surface area contributed by atoms with Crippen LogP contribution in [0.5, 0.6) is 0 Å². The maximum atomic E-state index is 9.90. The Morgan fingerprint density at radius 1 is 1.33 bits per heavy atom. The summed E-state index contributed by atoms with van der Waals surface area (Å²) in [7, 11) is 0. The number of rotatable bonds is 3. The van der Waals surface area contributed by atoms with Gasteiger partial charge in [-0.25, -0.2) is 0 Å². The van der Waals surface area contributed by atoms with Gasteiger partial charge in [-0.2, -0.15) is 0 Å². The molecule has 1 aromatic rings. The second kappa shape index (κ2) is 5.53. The van der Waals surface area contributed by atoms with Crippen molar-refractivity contribution in [2.45, 2.75) is 39.7 Å². The molecule has 0 bridgehead atoms. The summed E-state index contributed by atoms with van der Waals surface area (Å²) in [6.07, 6.45) is 0.994. The molecule has 1 N–H and O–H groups in total. The van der Waals surface area contributed by atoms with Crippen LogP contribution in [0.15, 0.2) is 12.1 Å². The van der Waals surface area contributed by atoms with Gasteiger partial charge >= 0.3 is 0 Å². The third kappa shape index (κ3) is 3.73. The van der Waals surface area contributed by atoms with Gasteiger partial charge in [0.2, 0.25) is 0 Å². The Balaban J connectivity index is 2.71. The zero-order valence-electron chi connectivity index (χ0n) is 9.54. The summed E-state index contributed by atoms with van der Waals surface area (Å²) in [6.45, 7) is 5.69. The Kier molecular flexibility index (Phi) is 4.33.